The van der Waals surface area contributed by atoms with E-state index >= 15 is 0 Å². The Morgan fingerprint density at radius 1 is 0.635 bits per heavy atom. The third-order valence-corrected chi connectivity index (χ3v) is 4.61. The molecule has 0 bridgehead atoms. The molecule has 0 spiro atoms. The summed E-state index contributed by atoms with van der Waals surface area (Å²) in [5.74, 6) is -1.67. The maximum absolute atomic E-state index is 11.7. The molecule has 300 valence electrons. The van der Waals surface area contributed by atoms with Crippen molar-refractivity contribution in [1.29, 1.82) is 0 Å². The van der Waals surface area contributed by atoms with Crippen LogP contribution in [0.3, 0.4) is 0 Å². The van der Waals surface area contributed by atoms with Crippen molar-refractivity contribution in [2.75, 3.05) is 24.7 Å². The van der Waals surface area contributed by atoms with Crippen molar-refractivity contribution in [3.05, 3.63) is 57.6 Å². The zero-order chi connectivity index (χ0) is 41.8. The summed E-state index contributed by atoms with van der Waals surface area (Å²) in [5, 5.41) is 27.6. The topological polar surface area (TPSA) is 175 Å². The third kappa shape index (κ3) is 50.0. The van der Waals surface area contributed by atoms with Gasteiger partial charge in [-0.15, -0.1) is 0 Å². The molecular formula is C30H46Cl2I6N4O8V2. The summed E-state index contributed by atoms with van der Waals surface area (Å²) in [6.45, 7) is 14.3. The molecule has 2 amide bonds. The van der Waals surface area contributed by atoms with Gasteiger partial charge in [0.15, 0.2) is 0 Å². The van der Waals surface area contributed by atoms with Gasteiger partial charge < -0.3 is 30.3 Å². The van der Waals surface area contributed by atoms with Crippen LogP contribution in [0.25, 0.3) is 0 Å². The number of carboxylic acid groups (broad SMARTS) is 2. The first-order valence-corrected chi connectivity index (χ1v) is 42.2. The predicted molar refractivity (Wildman–Crippen MR) is 259 cm³/mol. The molecule has 2 aromatic carbocycles. The van der Waals surface area contributed by atoms with E-state index in [0.717, 1.165) is 25.0 Å². The zero-order valence-electron chi connectivity index (χ0n) is 30.1. The Morgan fingerprint density at radius 2 is 0.865 bits per heavy atom. The molecular weight excluding hydrogens is 1480 g/mol. The minimum atomic E-state index is -0.833. The van der Waals surface area contributed by atoms with E-state index in [4.69, 9.17) is 52.5 Å². The molecule has 6 N–H and O–H groups in total. The van der Waals surface area contributed by atoms with E-state index in [1.807, 2.05) is 67.8 Å². The Labute approximate surface area is 393 Å². The van der Waals surface area contributed by atoms with Crippen molar-refractivity contribution in [1.82, 2.24) is 10.6 Å². The second-order valence-corrected chi connectivity index (χ2v) is 83.0. The molecule has 0 unspecified atom stereocenters. The quantitative estimate of drug-likeness (QED) is 0.153. The van der Waals surface area contributed by atoms with Crippen LogP contribution >= 0.6 is 143 Å². The summed E-state index contributed by atoms with van der Waals surface area (Å²) in [7, 11) is 3.66. The van der Waals surface area contributed by atoms with Crippen LogP contribution in [0.4, 0.5) is 21.0 Å². The Morgan fingerprint density at radius 3 is 1.06 bits per heavy atom. The van der Waals surface area contributed by atoms with Gasteiger partial charge in [0.1, 0.15) is 11.2 Å². The molecule has 0 aliphatic rings. The molecule has 2 rings (SSSR count). The molecule has 12 nitrogen and oxygen atoms in total. The van der Waals surface area contributed by atoms with Crippen LogP contribution in [0, 0.1) is 0 Å². The fourth-order valence-electron chi connectivity index (χ4n) is 2.87. The summed E-state index contributed by atoms with van der Waals surface area (Å²) in [5.41, 5.74) is 2.19. The standard InChI is InChI=1S/2C13H19ClN2O2.2C2H4O2.6HI.2V/c2*1-13(2,3)18-12(17)16-11-6-5-10(14)7-9(11)8-15-4;2*1-2(3)4;;;;;;;;/h2*5-7,15H,8H2,1-4H3,(H,16,17);2*1H3,(H,3,4);6*1H;;/q;;;;;;;;;;2*+3/p-6. The van der Waals surface area contributed by atoms with Crippen molar-refractivity contribution < 1.29 is 48.7 Å². The van der Waals surface area contributed by atoms with Gasteiger partial charge in [0, 0.05) is 48.4 Å². The van der Waals surface area contributed by atoms with E-state index in [2.05, 4.69) is 141 Å². The van der Waals surface area contributed by atoms with Crippen molar-refractivity contribution >= 4 is 179 Å². The van der Waals surface area contributed by atoms with E-state index in [1.165, 1.54) is 0 Å². The van der Waals surface area contributed by atoms with Crippen molar-refractivity contribution in [2.45, 2.75) is 79.7 Å². The molecule has 2 aromatic rings. The summed E-state index contributed by atoms with van der Waals surface area (Å²) in [6, 6.07) is 10.6. The van der Waals surface area contributed by atoms with E-state index in [0.29, 0.717) is 34.5 Å². The van der Waals surface area contributed by atoms with Gasteiger partial charge in [-0.05, 0) is 103 Å². The second-order valence-electron chi connectivity index (χ2n) is 11.3. The van der Waals surface area contributed by atoms with Gasteiger partial charge in [0.25, 0.3) is 11.9 Å². The summed E-state index contributed by atoms with van der Waals surface area (Å²) >= 11 is 26.6. The van der Waals surface area contributed by atoms with Gasteiger partial charge in [0.2, 0.25) is 0 Å². The molecule has 0 saturated carbocycles. The molecule has 0 aliphatic heterocycles. The van der Waals surface area contributed by atoms with Crippen LogP contribution in [0.5, 0.6) is 0 Å². The van der Waals surface area contributed by atoms with E-state index < -0.39 is 35.3 Å². The molecule has 0 atom stereocenters. The number of rotatable bonds is 6. The normalized spacial score (nSPS) is 10.1. The van der Waals surface area contributed by atoms with Crippen molar-refractivity contribution in [3.63, 3.8) is 0 Å². The SMILES string of the molecule is CC(=O)O.CC(=O)O.CNCc1cc(Cl)ccc1NC(=O)OC(C)(C)C.CNCc1cc(Cl)ccc1NC(=O)OC(C)(C)C.[I][V]([I])[I].[I][V]([I])[I]. The molecule has 0 radical (unpaired) electrons. The molecule has 0 aliphatic carbocycles. The Bertz CT molecular complexity index is 1230. The van der Waals surface area contributed by atoms with Gasteiger partial charge in [-0.3, -0.25) is 20.2 Å². The predicted octanol–water partition coefficient (Wildman–Crippen LogP) is 12.3. The maximum atomic E-state index is 11.7. The number of amides is 2. The molecule has 0 aromatic heterocycles. The van der Waals surface area contributed by atoms with Crippen molar-refractivity contribution in [2.24, 2.45) is 0 Å². The summed E-state index contributed by atoms with van der Waals surface area (Å²) < 4.78 is 10.4. The molecule has 0 saturated heterocycles. The summed E-state index contributed by atoms with van der Waals surface area (Å²) in [4.78, 5) is 40.8. The molecule has 0 heterocycles. The second kappa shape index (κ2) is 35.0. The van der Waals surface area contributed by atoms with Crippen LogP contribution in [-0.4, -0.2) is 59.6 Å². The zero-order valence-corrected chi connectivity index (χ0v) is 47.4. The Kier molecular flexibility index (Phi) is 40.8. The van der Waals surface area contributed by atoms with Gasteiger partial charge in [-0.2, -0.15) is 0 Å². The van der Waals surface area contributed by atoms with Crippen molar-refractivity contribution in [3.8, 4) is 0 Å². The number of benzene rings is 2. The van der Waals surface area contributed by atoms with Crippen LogP contribution in [-0.2, 0) is 42.0 Å². The fraction of sp³-hybridized carbons (Fsp3) is 0.467. The van der Waals surface area contributed by atoms with E-state index in [-0.39, 0.29) is 9.84 Å². The van der Waals surface area contributed by atoms with Crippen LogP contribution in [0.1, 0.15) is 66.5 Å². The number of hydrogen-bond donors (Lipinski definition) is 6. The van der Waals surface area contributed by atoms with Gasteiger partial charge in [-0.1, -0.05) is 23.2 Å². The van der Waals surface area contributed by atoms with E-state index in [9.17, 15) is 9.59 Å². The number of ether oxygens (including phenoxy) is 2. The van der Waals surface area contributed by atoms with Gasteiger partial charge in [-0.25, -0.2) is 9.59 Å². The third-order valence-electron chi connectivity index (χ3n) is 4.14. The average molecular weight is 1520 g/mol. The number of halogens is 8. The van der Waals surface area contributed by atoms with Crippen LogP contribution in [0.15, 0.2) is 36.4 Å². The molecule has 0 fully saturated rings. The van der Waals surface area contributed by atoms with Crippen LogP contribution in [0.2, 0.25) is 10.0 Å². The molecule has 52 heavy (non-hydrogen) atoms. The Balaban J connectivity index is -0.000000314. The monoisotopic (exact) mass is 1520 g/mol. The van der Waals surface area contributed by atoms with Gasteiger partial charge >= 0.3 is 142 Å². The number of hydrogen-bond acceptors (Lipinski definition) is 8. The first-order chi connectivity index (χ1) is 23.6. The number of anilines is 2. The fourth-order valence-corrected chi connectivity index (χ4v) is 3.26. The number of carboxylic acids is 2. The molecule has 22 heteroatoms. The first kappa shape index (κ1) is 60.6. The van der Waals surface area contributed by atoms with E-state index in [1.54, 1.807) is 24.3 Å². The van der Waals surface area contributed by atoms with Crippen LogP contribution < -0.4 is 21.3 Å². The number of nitrogens with one attached hydrogen (secondary N) is 4. The van der Waals surface area contributed by atoms with Gasteiger partial charge in [0.05, 0.1) is 0 Å². The Hall–Kier alpha value is 1.97. The number of carbonyl (C=O) groups excluding carboxylic acids is 2. The minimum absolute atomic E-state index is 0.278. The number of carbonyl (C=O) groups is 4. The first-order valence-electron chi connectivity index (χ1n) is 14.4. The average Bonchev–Trinajstić information content (AvgIpc) is 2.89. The number of aliphatic carboxylic acids is 2. The summed E-state index contributed by atoms with van der Waals surface area (Å²) in [6.07, 6.45) is -0.940.